The number of nitrogens with one attached hydrogen (secondary N) is 1. The average Bonchev–Trinajstić information content (AvgIpc) is 2.64. The molecule has 0 unspecified atom stereocenters. The fraction of sp³-hybridized carbons (Fsp3) is 0.250. The number of nitrogen functional groups attached to an aromatic ring is 1. The Balaban J connectivity index is 1.73. The van der Waals surface area contributed by atoms with Gasteiger partial charge < -0.3 is 10.5 Å². The van der Waals surface area contributed by atoms with Crippen LogP contribution < -0.4 is 15.5 Å². The van der Waals surface area contributed by atoms with E-state index < -0.39 is 17.6 Å². The Morgan fingerprint density at radius 1 is 1.07 bits per heavy atom. The first-order valence-corrected chi connectivity index (χ1v) is 9.00. The van der Waals surface area contributed by atoms with E-state index in [9.17, 15) is 13.2 Å². The van der Waals surface area contributed by atoms with Crippen LogP contribution in [0.15, 0.2) is 42.9 Å². The lowest BCUT2D eigenvalue weighted by Gasteiger charge is -2.27. The van der Waals surface area contributed by atoms with Crippen molar-refractivity contribution in [3.63, 3.8) is 0 Å². The highest BCUT2D eigenvalue weighted by Crippen LogP contribution is 2.44. The van der Waals surface area contributed by atoms with Crippen LogP contribution in [0.5, 0.6) is 11.8 Å². The van der Waals surface area contributed by atoms with Gasteiger partial charge in [0.1, 0.15) is 17.6 Å². The van der Waals surface area contributed by atoms with Crippen molar-refractivity contribution in [2.45, 2.75) is 31.4 Å². The van der Waals surface area contributed by atoms with E-state index >= 15 is 4.39 Å². The molecule has 0 radical (unpaired) electrons. The van der Waals surface area contributed by atoms with Gasteiger partial charge in [-0.2, -0.15) is 13.2 Å². The Bertz CT molecular complexity index is 1020. The molecule has 1 aromatic carbocycles. The molecule has 1 aliphatic rings. The molecule has 0 bridgehead atoms. The van der Waals surface area contributed by atoms with Gasteiger partial charge in [-0.25, -0.2) is 14.4 Å². The molecule has 1 aliphatic carbocycles. The van der Waals surface area contributed by atoms with Crippen molar-refractivity contribution < 1.29 is 27.3 Å². The number of hydrogen-bond acceptors (Lipinski definition) is 4. The van der Waals surface area contributed by atoms with E-state index in [4.69, 9.17) is 10.5 Å². The van der Waals surface area contributed by atoms with Crippen molar-refractivity contribution >= 4 is 5.82 Å². The summed E-state index contributed by atoms with van der Waals surface area (Å²) < 4.78 is 59.2. The number of aromatic amines is 1. The Hall–Kier alpha value is -3.23. The molecule has 2 heterocycles. The molecule has 1 fully saturated rings. The number of halogens is 4. The summed E-state index contributed by atoms with van der Waals surface area (Å²) in [6, 6.07) is 6.38. The maximum absolute atomic E-state index is 15.4. The van der Waals surface area contributed by atoms with E-state index in [1.807, 2.05) is 0 Å². The zero-order valence-corrected chi connectivity index (χ0v) is 15.1. The number of rotatable bonds is 4. The summed E-state index contributed by atoms with van der Waals surface area (Å²) in [5, 5.41) is 0. The molecule has 4 rings (SSSR count). The first-order chi connectivity index (χ1) is 13.8. The van der Waals surface area contributed by atoms with Crippen molar-refractivity contribution in [3.05, 3.63) is 59.8 Å². The Kier molecular flexibility index (Phi) is 4.81. The van der Waals surface area contributed by atoms with Crippen LogP contribution in [0, 0.1) is 5.82 Å². The maximum atomic E-state index is 15.4. The number of ether oxygens (including phenoxy) is 1. The quantitative estimate of drug-likeness (QED) is 0.635. The molecule has 3 N–H and O–H groups in total. The smallest absolute Gasteiger partial charge is 0.385 e. The van der Waals surface area contributed by atoms with Crippen LogP contribution in [-0.2, 0) is 6.18 Å². The first-order valence-electron chi connectivity index (χ1n) is 9.00. The van der Waals surface area contributed by atoms with Crippen LogP contribution in [0.2, 0.25) is 0 Å². The van der Waals surface area contributed by atoms with E-state index in [1.165, 1.54) is 6.20 Å². The highest BCUT2D eigenvalue weighted by Gasteiger charge is 2.34. The third kappa shape index (κ3) is 3.85. The van der Waals surface area contributed by atoms with Crippen LogP contribution in [0.4, 0.5) is 23.4 Å². The van der Waals surface area contributed by atoms with Gasteiger partial charge in [0, 0.05) is 22.9 Å². The predicted molar refractivity (Wildman–Crippen MR) is 96.5 cm³/mol. The first kappa shape index (κ1) is 19.1. The van der Waals surface area contributed by atoms with Crippen molar-refractivity contribution in [2.24, 2.45) is 0 Å². The number of benzene rings is 1. The normalized spacial score (nSPS) is 14.5. The largest absolute Gasteiger partial charge is 0.501 e. The third-order valence-electron chi connectivity index (χ3n) is 4.97. The van der Waals surface area contributed by atoms with E-state index in [1.54, 1.807) is 24.3 Å². The summed E-state index contributed by atoms with van der Waals surface area (Å²) >= 11 is 0. The average molecular weight is 405 g/mol. The summed E-state index contributed by atoms with van der Waals surface area (Å²) in [6.07, 6.45) is 1.10. The standard InChI is InChI=1S/C20H16F4N4O/c21-17-14(12-4-7-16(25)26-8-12)5-6-15(11-2-1-3-11)18(17)29-19-27-9-13(10-28-19)20(22,23)24/h4-11H,1-3H2,(H2,25,26)/p+1. The van der Waals surface area contributed by atoms with Gasteiger partial charge in [0.2, 0.25) is 0 Å². The molecule has 0 spiro atoms. The number of nitrogens with two attached hydrogens (primary N) is 1. The summed E-state index contributed by atoms with van der Waals surface area (Å²) in [6.45, 7) is 0. The van der Waals surface area contributed by atoms with Gasteiger partial charge >= 0.3 is 12.2 Å². The molecule has 3 aromatic rings. The lowest BCUT2D eigenvalue weighted by atomic mass is 9.79. The van der Waals surface area contributed by atoms with E-state index in [-0.39, 0.29) is 23.2 Å². The number of anilines is 1. The molecule has 150 valence electrons. The monoisotopic (exact) mass is 405 g/mol. The van der Waals surface area contributed by atoms with Gasteiger partial charge in [0.15, 0.2) is 17.8 Å². The molecule has 29 heavy (non-hydrogen) atoms. The van der Waals surface area contributed by atoms with Gasteiger partial charge in [0.05, 0.1) is 0 Å². The highest BCUT2D eigenvalue weighted by atomic mass is 19.4. The predicted octanol–water partition coefficient (Wildman–Crippen LogP) is 4.76. The summed E-state index contributed by atoms with van der Waals surface area (Å²) in [4.78, 5) is 9.96. The Labute approximate surface area is 163 Å². The van der Waals surface area contributed by atoms with Crippen molar-refractivity contribution in [1.82, 2.24) is 9.97 Å². The zero-order chi connectivity index (χ0) is 20.6. The molecule has 9 heteroatoms. The van der Waals surface area contributed by atoms with Crippen LogP contribution in [0.3, 0.4) is 0 Å². The van der Waals surface area contributed by atoms with Crippen LogP contribution in [0.25, 0.3) is 11.1 Å². The minimum Gasteiger partial charge on any atom is -0.385 e. The van der Waals surface area contributed by atoms with Crippen molar-refractivity contribution in [2.75, 3.05) is 5.73 Å². The van der Waals surface area contributed by atoms with Crippen LogP contribution in [0.1, 0.15) is 36.3 Å². The Morgan fingerprint density at radius 2 is 1.86 bits per heavy atom. The molecule has 0 saturated heterocycles. The fourth-order valence-corrected chi connectivity index (χ4v) is 3.15. The van der Waals surface area contributed by atoms with Crippen LogP contribution >= 0.6 is 0 Å². The number of alkyl halides is 3. The number of pyridine rings is 1. The SMILES string of the molecule is Nc1ccc(-c2ccc(C3CCC3)c(Oc3ncc(C(F)(F)F)c[nH+]3)c2F)cn1. The number of H-pyrrole nitrogens is 1. The molecule has 5 nitrogen and oxygen atoms in total. The lowest BCUT2D eigenvalue weighted by molar-refractivity contribution is -0.399. The summed E-state index contributed by atoms with van der Waals surface area (Å²) in [5.41, 5.74) is 6.05. The minimum atomic E-state index is -4.54. The van der Waals surface area contributed by atoms with Gasteiger partial charge in [-0.3, -0.25) is 0 Å². The molecule has 2 aromatic heterocycles. The van der Waals surface area contributed by atoms with Gasteiger partial charge in [-0.05, 0) is 35.9 Å². The van der Waals surface area contributed by atoms with Crippen molar-refractivity contribution in [3.8, 4) is 22.9 Å². The second-order valence-corrected chi connectivity index (χ2v) is 6.85. The molecule has 0 atom stereocenters. The maximum Gasteiger partial charge on any atom is 0.501 e. The summed E-state index contributed by atoms with van der Waals surface area (Å²) in [5.74, 6) is -0.239. The second kappa shape index (κ2) is 7.31. The van der Waals surface area contributed by atoms with Gasteiger partial charge in [-0.1, -0.05) is 18.6 Å². The van der Waals surface area contributed by atoms with E-state index in [0.29, 0.717) is 23.1 Å². The second-order valence-electron chi connectivity index (χ2n) is 6.85. The molecule has 0 amide bonds. The zero-order valence-electron chi connectivity index (χ0n) is 15.1. The molecule has 1 saturated carbocycles. The highest BCUT2D eigenvalue weighted by molar-refractivity contribution is 5.67. The topological polar surface area (TPSA) is 75.2 Å². The molecular weight excluding hydrogens is 388 g/mol. The third-order valence-corrected chi connectivity index (χ3v) is 4.97. The summed E-state index contributed by atoms with van der Waals surface area (Å²) in [7, 11) is 0. The molecule has 0 aliphatic heterocycles. The van der Waals surface area contributed by atoms with E-state index in [0.717, 1.165) is 25.5 Å². The van der Waals surface area contributed by atoms with E-state index in [2.05, 4.69) is 15.0 Å². The Morgan fingerprint density at radius 3 is 2.41 bits per heavy atom. The van der Waals surface area contributed by atoms with Crippen molar-refractivity contribution in [1.29, 1.82) is 0 Å². The molecular formula is C20H17F4N4O+. The minimum absolute atomic E-state index is 0.0486. The van der Waals surface area contributed by atoms with Gasteiger partial charge in [-0.15, -0.1) is 0 Å². The van der Waals surface area contributed by atoms with Gasteiger partial charge in [0.25, 0.3) is 0 Å². The number of nitrogens with zero attached hydrogens (tertiary/aromatic N) is 2. The fourth-order valence-electron chi connectivity index (χ4n) is 3.15. The number of aromatic nitrogens is 3. The lowest BCUT2D eigenvalue weighted by Crippen LogP contribution is -2.17. The number of hydrogen-bond donors (Lipinski definition) is 1. The van der Waals surface area contributed by atoms with Crippen LogP contribution in [-0.4, -0.2) is 9.97 Å².